The first kappa shape index (κ1) is 12.0. The molecule has 1 saturated heterocycles. The predicted octanol–water partition coefficient (Wildman–Crippen LogP) is 2.72. The summed E-state index contributed by atoms with van der Waals surface area (Å²) in [6.45, 7) is 5.82. The lowest BCUT2D eigenvalue weighted by Gasteiger charge is -2.17. The summed E-state index contributed by atoms with van der Waals surface area (Å²) in [4.78, 5) is 1.35. The van der Waals surface area contributed by atoms with Crippen LogP contribution >= 0.6 is 11.8 Å². The van der Waals surface area contributed by atoms with E-state index in [4.69, 9.17) is 10.5 Å². The Bertz CT molecular complexity index is 367. The molecule has 2 atom stereocenters. The van der Waals surface area contributed by atoms with E-state index in [9.17, 15) is 0 Å². The van der Waals surface area contributed by atoms with Gasteiger partial charge in [-0.25, -0.2) is 0 Å². The minimum Gasteiger partial charge on any atom is -0.377 e. The zero-order chi connectivity index (χ0) is 11.5. The molecule has 2 unspecified atom stereocenters. The van der Waals surface area contributed by atoms with Crippen molar-refractivity contribution in [3.05, 3.63) is 29.3 Å². The van der Waals surface area contributed by atoms with Crippen LogP contribution in [0.1, 0.15) is 24.5 Å². The van der Waals surface area contributed by atoms with Crippen LogP contribution in [0.3, 0.4) is 0 Å². The maximum absolute atomic E-state index is 5.78. The van der Waals surface area contributed by atoms with Gasteiger partial charge < -0.3 is 10.5 Å². The number of benzene rings is 1. The summed E-state index contributed by atoms with van der Waals surface area (Å²) >= 11 is 1.93. The summed E-state index contributed by atoms with van der Waals surface area (Å²) in [5, 5.41) is 0.575. The van der Waals surface area contributed by atoms with Gasteiger partial charge in [0.05, 0.1) is 6.10 Å². The highest BCUT2D eigenvalue weighted by atomic mass is 32.2. The molecule has 88 valence electrons. The maximum Gasteiger partial charge on any atom is 0.0669 e. The van der Waals surface area contributed by atoms with E-state index in [-0.39, 0.29) is 0 Å². The number of hydrogen-bond acceptors (Lipinski definition) is 3. The second-order valence-corrected chi connectivity index (χ2v) is 5.54. The summed E-state index contributed by atoms with van der Waals surface area (Å²) < 4.78 is 5.60. The van der Waals surface area contributed by atoms with E-state index in [2.05, 4.69) is 32.0 Å². The van der Waals surface area contributed by atoms with Crippen LogP contribution in [0.2, 0.25) is 0 Å². The lowest BCUT2D eigenvalue weighted by molar-refractivity contribution is 0.127. The molecule has 1 fully saturated rings. The summed E-state index contributed by atoms with van der Waals surface area (Å²) in [5.41, 5.74) is 8.36. The smallest absolute Gasteiger partial charge is 0.0669 e. The van der Waals surface area contributed by atoms with Gasteiger partial charge in [-0.1, -0.05) is 18.2 Å². The Kier molecular flexibility index (Phi) is 3.90. The van der Waals surface area contributed by atoms with Crippen LogP contribution < -0.4 is 5.73 Å². The van der Waals surface area contributed by atoms with Gasteiger partial charge in [0.1, 0.15) is 0 Å². The van der Waals surface area contributed by atoms with Crippen molar-refractivity contribution in [2.45, 2.75) is 43.1 Å². The molecule has 2 rings (SSSR count). The molecule has 2 nitrogen and oxygen atoms in total. The fourth-order valence-electron chi connectivity index (χ4n) is 2.06. The molecule has 0 saturated carbocycles. The largest absolute Gasteiger partial charge is 0.377 e. The van der Waals surface area contributed by atoms with Crippen molar-refractivity contribution in [1.29, 1.82) is 0 Å². The van der Waals surface area contributed by atoms with Crippen LogP contribution in [-0.4, -0.2) is 18.0 Å². The van der Waals surface area contributed by atoms with Gasteiger partial charge in [-0.3, -0.25) is 0 Å². The van der Waals surface area contributed by atoms with Crippen LogP contribution in [0, 0.1) is 6.92 Å². The van der Waals surface area contributed by atoms with Gasteiger partial charge in [0.2, 0.25) is 0 Å². The average molecular weight is 237 g/mol. The Morgan fingerprint density at radius 3 is 2.94 bits per heavy atom. The molecule has 0 aromatic heterocycles. The minimum absolute atomic E-state index is 0.357. The minimum atomic E-state index is 0.357. The lowest BCUT2D eigenvalue weighted by Crippen LogP contribution is -2.14. The van der Waals surface area contributed by atoms with E-state index >= 15 is 0 Å². The van der Waals surface area contributed by atoms with Gasteiger partial charge in [0.15, 0.2) is 0 Å². The third-order valence-corrected chi connectivity index (χ3v) is 4.83. The first-order valence-electron chi connectivity index (χ1n) is 5.79. The normalized spacial score (nSPS) is 24.9. The molecule has 0 amide bonds. The molecule has 0 bridgehead atoms. The SMILES string of the molecule is Cc1cccc(CN)c1SC1CCOC1C. The highest BCUT2D eigenvalue weighted by Crippen LogP contribution is 2.36. The molecule has 3 heteroatoms. The van der Waals surface area contributed by atoms with Gasteiger partial charge in [0, 0.05) is 23.3 Å². The van der Waals surface area contributed by atoms with E-state index in [1.165, 1.54) is 16.0 Å². The Labute approximate surface area is 102 Å². The molecule has 16 heavy (non-hydrogen) atoms. The highest BCUT2D eigenvalue weighted by molar-refractivity contribution is 8.00. The summed E-state index contributed by atoms with van der Waals surface area (Å²) in [6, 6.07) is 6.36. The van der Waals surface area contributed by atoms with Gasteiger partial charge in [-0.2, -0.15) is 0 Å². The van der Waals surface area contributed by atoms with Crippen molar-refractivity contribution in [2.24, 2.45) is 5.73 Å². The highest BCUT2D eigenvalue weighted by Gasteiger charge is 2.26. The standard InChI is InChI=1S/C13H19NOS/c1-9-4-3-5-11(8-14)13(9)16-12-6-7-15-10(12)2/h3-5,10,12H,6-8,14H2,1-2H3. The summed E-state index contributed by atoms with van der Waals surface area (Å²) in [5.74, 6) is 0. The van der Waals surface area contributed by atoms with Crippen LogP contribution in [0.15, 0.2) is 23.1 Å². The molecule has 0 aliphatic carbocycles. The fourth-order valence-corrected chi connectivity index (χ4v) is 3.40. The van der Waals surface area contributed by atoms with E-state index in [1.54, 1.807) is 0 Å². The molecule has 1 aromatic carbocycles. The van der Waals surface area contributed by atoms with Gasteiger partial charge in [0.25, 0.3) is 0 Å². The molecular formula is C13H19NOS. The monoisotopic (exact) mass is 237 g/mol. The molecule has 0 spiro atoms. The maximum atomic E-state index is 5.78. The van der Waals surface area contributed by atoms with Gasteiger partial charge >= 0.3 is 0 Å². The second-order valence-electron chi connectivity index (χ2n) is 4.29. The van der Waals surface area contributed by atoms with Gasteiger partial charge in [-0.05, 0) is 31.4 Å². The van der Waals surface area contributed by atoms with E-state index < -0.39 is 0 Å². The Morgan fingerprint density at radius 1 is 1.50 bits per heavy atom. The van der Waals surface area contributed by atoms with Crippen LogP contribution in [-0.2, 0) is 11.3 Å². The van der Waals surface area contributed by atoms with Crippen LogP contribution in [0.4, 0.5) is 0 Å². The third kappa shape index (κ3) is 2.42. The molecule has 2 N–H and O–H groups in total. The number of ether oxygens (including phenoxy) is 1. The Hall–Kier alpha value is -0.510. The second kappa shape index (κ2) is 5.21. The third-order valence-electron chi connectivity index (χ3n) is 3.09. The Morgan fingerprint density at radius 2 is 2.31 bits per heavy atom. The van der Waals surface area contributed by atoms with Gasteiger partial charge in [-0.15, -0.1) is 11.8 Å². The van der Waals surface area contributed by atoms with Crippen molar-refractivity contribution in [2.75, 3.05) is 6.61 Å². The van der Waals surface area contributed by atoms with Crippen molar-refractivity contribution in [3.63, 3.8) is 0 Å². The zero-order valence-electron chi connectivity index (χ0n) is 9.90. The summed E-state index contributed by atoms with van der Waals surface area (Å²) in [7, 11) is 0. The molecule has 1 aromatic rings. The molecule has 0 radical (unpaired) electrons. The molecule has 1 aliphatic heterocycles. The average Bonchev–Trinajstić information content (AvgIpc) is 2.67. The molecule has 1 heterocycles. The number of nitrogens with two attached hydrogens (primary N) is 1. The first-order chi connectivity index (χ1) is 7.72. The number of rotatable bonds is 3. The van der Waals surface area contributed by atoms with Crippen molar-refractivity contribution < 1.29 is 4.74 Å². The van der Waals surface area contributed by atoms with Crippen molar-refractivity contribution in [1.82, 2.24) is 0 Å². The number of thioether (sulfide) groups is 1. The van der Waals surface area contributed by atoms with Crippen LogP contribution in [0.25, 0.3) is 0 Å². The van der Waals surface area contributed by atoms with Crippen molar-refractivity contribution >= 4 is 11.8 Å². The molecule has 1 aliphatic rings. The summed E-state index contributed by atoms with van der Waals surface area (Å²) in [6.07, 6.45) is 1.50. The Balaban J connectivity index is 2.19. The predicted molar refractivity (Wildman–Crippen MR) is 68.7 cm³/mol. The zero-order valence-corrected chi connectivity index (χ0v) is 10.7. The first-order valence-corrected chi connectivity index (χ1v) is 6.67. The quantitative estimate of drug-likeness (QED) is 0.878. The van der Waals surface area contributed by atoms with E-state index in [1.807, 2.05) is 11.8 Å². The van der Waals surface area contributed by atoms with E-state index in [0.29, 0.717) is 17.9 Å². The molecular weight excluding hydrogens is 218 g/mol. The van der Waals surface area contributed by atoms with Crippen LogP contribution in [0.5, 0.6) is 0 Å². The number of aryl methyl sites for hydroxylation is 1. The fraction of sp³-hybridized carbons (Fsp3) is 0.538. The lowest BCUT2D eigenvalue weighted by atomic mass is 10.1. The number of hydrogen-bond donors (Lipinski definition) is 1. The van der Waals surface area contributed by atoms with Crippen molar-refractivity contribution in [3.8, 4) is 0 Å². The van der Waals surface area contributed by atoms with E-state index in [0.717, 1.165) is 13.0 Å². The topological polar surface area (TPSA) is 35.2 Å².